The Morgan fingerprint density at radius 3 is 2.50 bits per heavy atom. The summed E-state index contributed by atoms with van der Waals surface area (Å²) in [5.74, 6) is -0.105. The molecule has 1 N–H and O–H groups in total. The molecule has 0 aliphatic heterocycles. The molecule has 0 rings (SSSR count). The van der Waals surface area contributed by atoms with E-state index < -0.39 is 0 Å². The summed E-state index contributed by atoms with van der Waals surface area (Å²) in [5, 5.41) is 3.15. The van der Waals surface area contributed by atoms with Crippen LogP contribution in [-0.2, 0) is 9.53 Å². The van der Waals surface area contributed by atoms with Gasteiger partial charge in [-0.2, -0.15) is 0 Å². The molecule has 0 aliphatic carbocycles. The lowest BCUT2D eigenvalue weighted by molar-refractivity contribution is -0.147. The standard InChI is InChI=1S/C13H27NO2/c1-4-6-7-8-9-10-16-13(15)12(3)11-14-5-2/h12,14H,4-11H2,1-3H3. The smallest absolute Gasteiger partial charge is 0.309 e. The van der Waals surface area contributed by atoms with Crippen LogP contribution in [0.25, 0.3) is 0 Å². The minimum absolute atomic E-state index is 0.0319. The van der Waals surface area contributed by atoms with Crippen molar-refractivity contribution in [2.24, 2.45) is 5.92 Å². The van der Waals surface area contributed by atoms with Crippen molar-refractivity contribution in [3.63, 3.8) is 0 Å². The summed E-state index contributed by atoms with van der Waals surface area (Å²) in [6, 6.07) is 0. The lowest BCUT2D eigenvalue weighted by Gasteiger charge is -2.11. The molecule has 0 saturated heterocycles. The Morgan fingerprint density at radius 1 is 1.19 bits per heavy atom. The van der Waals surface area contributed by atoms with E-state index in [1.807, 2.05) is 13.8 Å². The van der Waals surface area contributed by atoms with Gasteiger partial charge in [-0.05, 0) is 13.0 Å². The molecule has 3 nitrogen and oxygen atoms in total. The monoisotopic (exact) mass is 229 g/mol. The number of carbonyl (C=O) groups is 1. The summed E-state index contributed by atoms with van der Waals surface area (Å²) in [4.78, 5) is 11.5. The highest BCUT2D eigenvalue weighted by Crippen LogP contribution is 2.04. The van der Waals surface area contributed by atoms with E-state index in [-0.39, 0.29) is 11.9 Å². The summed E-state index contributed by atoms with van der Waals surface area (Å²) < 4.78 is 5.20. The molecule has 1 unspecified atom stereocenters. The van der Waals surface area contributed by atoms with Crippen LogP contribution in [0, 0.1) is 5.92 Å². The summed E-state index contributed by atoms with van der Waals surface area (Å²) in [6.45, 7) is 8.33. The molecule has 0 amide bonds. The van der Waals surface area contributed by atoms with Gasteiger partial charge in [0.1, 0.15) is 0 Å². The molecule has 0 bridgehead atoms. The zero-order valence-corrected chi connectivity index (χ0v) is 11.1. The zero-order chi connectivity index (χ0) is 12.2. The number of nitrogens with one attached hydrogen (secondary N) is 1. The zero-order valence-electron chi connectivity index (χ0n) is 11.1. The molecule has 0 heterocycles. The Morgan fingerprint density at radius 2 is 1.88 bits per heavy atom. The fourth-order valence-corrected chi connectivity index (χ4v) is 1.46. The molecule has 0 aromatic heterocycles. The van der Waals surface area contributed by atoms with Gasteiger partial charge in [0, 0.05) is 6.54 Å². The molecule has 1 atom stereocenters. The summed E-state index contributed by atoms with van der Waals surface area (Å²) in [7, 11) is 0. The van der Waals surface area contributed by atoms with Gasteiger partial charge in [-0.25, -0.2) is 0 Å². The van der Waals surface area contributed by atoms with Crippen molar-refractivity contribution in [1.29, 1.82) is 0 Å². The van der Waals surface area contributed by atoms with E-state index in [9.17, 15) is 4.79 Å². The van der Waals surface area contributed by atoms with Gasteiger partial charge in [-0.1, -0.05) is 46.5 Å². The predicted molar refractivity (Wildman–Crippen MR) is 67.4 cm³/mol. The lowest BCUT2D eigenvalue weighted by Crippen LogP contribution is -2.27. The molecule has 0 spiro atoms. The van der Waals surface area contributed by atoms with Gasteiger partial charge in [0.25, 0.3) is 0 Å². The molecule has 0 saturated carbocycles. The summed E-state index contributed by atoms with van der Waals surface area (Å²) in [5.41, 5.74) is 0. The Labute approximate surface area is 99.9 Å². The molecule has 16 heavy (non-hydrogen) atoms. The van der Waals surface area contributed by atoms with Crippen molar-refractivity contribution < 1.29 is 9.53 Å². The Balaban J connectivity index is 3.35. The van der Waals surface area contributed by atoms with Gasteiger partial charge in [-0.15, -0.1) is 0 Å². The predicted octanol–water partition coefficient (Wildman–Crippen LogP) is 2.75. The Bertz CT molecular complexity index is 171. The van der Waals surface area contributed by atoms with Crippen LogP contribution < -0.4 is 5.32 Å². The Hall–Kier alpha value is -0.570. The van der Waals surface area contributed by atoms with E-state index in [4.69, 9.17) is 4.74 Å². The quantitative estimate of drug-likeness (QED) is 0.462. The number of unbranched alkanes of at least 4 members (excludes halogenated alkanes) is 4. The third-order valence-corrected chi connectivity index (χ3v) is 2.60. The van der Waals surface area contributed by atoms with Crippen molar-refractivity contribution in [3.05, 3.63) is 0 Å². The van der Waals surface area contributed by atoms with Crippen LogP contribution in [0.2, 0.25) is 0 Å². The molecule has 0 radical (unpaired) electrons. The van der Waals surface area contributed by atoms with Crippen LogP contribution in [-0.4, -0.2) is 25.7 Å². The first kappa shape index (κ1) is 15.4. The van der Waals surface area contributed by atoms with Gasteiger partial charge >= 0.3 is 5.97 Å². The third kappa shape index (κ3) is 8.72. The second-order valence-corrected chi connectivity index (χ2v) is 4.29. The SMILES string of the molecule is CCCCCCCOC(=O)C(C)CNCC. The molecule has 0 aromatic rings. The maximum atomic E-state index is 11.5. The topological polar surface area (TPSA) is 38.3 Å². The van der Waals surface area contributed by atoms with Crippen molar-refractivity contribution in [2.45, 2.75) is 52.9 Å². The van der Waals surface area contributed by atoms with E-state index in [2.05, 4.69) is 12.2 Å². The summed E-state index contributed by atoms with van der Waals surface area (Å²) >= 11 is 0. The fourth-order valence-electron chi connectivity index (χ4n) is 1.46. The van der Waals surface area contributed by atoms with E-state index in [1.54, 1.807) is 0 Å². The first-order valence-electron chi connectivity index (χ1n) is 6.59. The number of hydrogen-bond acceptors (Lipinski definition) is 3. The van der Waals surface area contributed by atoms with Gasteiger partial charge in [0.05, 0.1) is 12.5 Å². The van der Waals surface area contributed by atoms with Gasteiger partial charge in [-0.3, -0.25) is 4.79 Å². The molecule has 96 valence electrons. The van der Waals surface area contributed by atoms with Crippen LogP contribution in [0.15, 0.2) is 0 Å². The van der Waals surface area contributed by atoms with E-state index in [0.717, 1.165) is 13.0 Å². The lowest BCUT2D eigenvalue weighted by atomic mass is 10.1. The Kier molecular flexibility index (Phi) is 10.5. The van der Waals surface area contributed by atoms with E-state index in [1.165, 1.54) is 25.7 Å². The molecular formula is C13H27NO2. The number of esters is 1. The second-order valence-electron chi connectivity index (χ2n) is 4.29. The highest BCUT2D eigenvalue weighted by Gasteiger charge is 2.12. The number of rotatable bonds is 10. The highest BCUT2D eigenvalue weighted by atomic mass is 16.5. The highest BCUT2D eigenvalue weighted by molar-refractivity contribution is 5.72. The largest absolute Gasteiger partial charge is 0.465 e. The van der Waals surface area contributed by atoms with Crippen molar-refractivity contribution in [3.8, 4) is 0 Å². The summed E-state index contributed by atoms with van der Waals surface area (Å²) in [6.07, 6.45) is 5.95. The fraction of sp³-hybridized carbons (Fsp3) is 0.923. The van der Waals surface area contributed by atoms with E-state index >= 15 is 0 Å². The normalized spacial score (nSPS) is 12.4. The number of ether oxygens (including phenoxy) is 1. The average molecular weight is 229 g/mol. The third-order valence-electron chi connectivity index (χ3n) is 2.60. The van der Waals surface area contributed by atoms with E-state index in [0.29, 0.717) is 13.2 Å². The van der Waals surface area contributed by atoms with Crippen LogP contribution >= 0.6 is 0 Å². The van der Waals surface area contributed by atoms with Crippen LogP contribution in [0.1, 0.15) is 52.9 Å². The van der Waals surface area contributed by atoms with Crippen LogP contribution in [0.3, 0.4) is 0 Å². The first-order valence-corrected chi connectivity index (χ1v) is 6.59. The van der Waals surface area contributed by atoms with Crippen LogP contribution in [0.4, 0.5) is 0 Å². The average Bonchev–Trinajstić information content (AvgIpc) is 2.30. The number of hydrogen-bond donors (Lipinski definition) is 1. The maximum Gasteiger partial charge on any atom is 0.309 e. The second kappa shape index (κ2) is 10.9. The van der Waals surface area contributed by atoms with Gasteiger partial charge in [0.2, 0.25) is 0 Å². The van der Waals surface area contributed by atoms with Crippen molar-refractivity contribution in [1.82, 2.24) is 5.32 Å². The van der Waals surface area contributed by atoms with Crippen molar-refractivity contribution in [2.75, 3.05) is 19.7 Å². The molecule has 0 fully saturated rings. The maximum absolute atomic E-state index is 11.5. The van der Waals surface area contributed by atoms with Gasteiger partial charge in [0.15, 0.2) is 0 Å². The minimum Gasteiger partial charge on any atom is -0.465 e. The molecular weight excluding hydrogens is 202 g/mol. The molecule has 0 aliphatic rings. The van der Waals surface area contributed by atoms with Crippen molar-refractivity contribution >= 4 is 5.97 Å². The van der Waals surface area contributed by atoms with Gasteiger partial charge < -0.3 is 10.1 Å². The number of carbonyl (C=O) groups excluding carboxylic acids is 1. The molecule has 3 heteroatoms. The molecule has 0 aromatic carbocycles. The van der Waals surface area contributed by atoms with Crippen LogP contribution in [0.5, 0.6) is 0 Å². The first-order chi connectivity index (χ1) is 7.72. The minimum atomic E-state index is -0.0727.